The van der Waals surface area contributed by atoms with E-state index < -0.39 is 0 Å². The highest BCUT2D eigenvalue weighted by Gasteiger charge is 2.03. The van der Waals surface area contributed by atoms with E-state index in [0.717, 1.165) is 23.3 Å². The topological polar surface area (TPSA) is 38.3 Å². The first kappa shape index (κ1) is 16.1. The van der Waals surface area contributed by atoms with Crippen molar-refractivity contribution in [2.75, 3.05) is 6.61 Å². The number of rotatable bonds is 7. The van der Waals surface area contributed by atoms with E-state index in [-0.39, 0.29) is 5.91 Å². The second-order valence-electron chi connectivity index (χ2n) is 5.20. The maximum atomic E-state index is 12.0. The van der Waals surface area contributed by atoms with E-state index in [4.69, 9.17) is 4.74 Å². The monoisotopic (exact) mass is 297 g/mol. The Labute approximate surface area is 132 Å². The number of benzene rings is 2. The summed E-state index contributed by atoms with van der Waals surface area (Å²) in [5.74, 6) is 0.895. The van der Waals surface area contributed by atoms with Gasteiger partial charge in [0.25, 0.3) is 0 Å². The van der Waals surface area contributed by atoms with Gasteiger partial charge in [0.15, 0.2) is 0 Å². The molecule has 3 heteroatoms. The SMILES string of the molecule is CCOc1ccc(CNC(=O)Cc2ccc(CC)cc2)cc1. The van der Waals surface area contributed by atoms with Gasteiger partial charge in [-0.3, -0.25) is 4.79 Å². The van der Waals surface area contributed by atoms with E-state index >= 15 is 0 Å². The fourth-order valence-corrected chi connectivity index (χ4v) is 2.21. The van der Waals surface area contributed by atoms with Crippen LogP contribution in [0.3, 0.4) is 0 Å². The van der Waals surface area contributed by atoms with Gasteiger partial charge >= 0.3 is 0 Å². The summed E-state index contributed by atoms with van der Waals surface area (Å²) in [6, 6.07) is 16.0. The van der Waals surface area contributed by atoms with E-state index in [2.05, 4.69) is 24.4 Å². The molecule has 0 bridgehead atoms. The van der Waals surface area contributed by atoms with Crippen LogP contribution in [-0.2, 0) is 24.2 Å². The quantitative estimate of drug-likeness (QED) is 0.849. The van der Waals surface area contributed by atoms with Gasteiger partial charge in [-0.1, -0.05) is 43.3 Å². The number of aryl methyl sites for hydroxylation is 1. The highest BCUT2D eigenvalue weighted by Crippen LogP contribution is 2.12. The lowest BCUT2D eigenvalue weighted by Crippen LogP contribution is -2.24. The summed E-state index contributed by atoms with van der Waals surface area (Å²) in [5.41, 5.74) is 3.40. The van der Waals surface area contributed by atoms with Crippen LogP contribution in [0.4, 0.5) is 0 Å². The summed E-state index contributed by atoms with van der Waals surface area (Å²) in [5, 5.41) is 2.95. The maximum Gasteiger partial charge on any atom is 0.224 e. The first-order valence-corrected chi connectivity index (χ1v) is 7.77. The van der Waals surface area contributed by atoms with Crippen LogP contribution in [0.1, 0.15) is 30.5 Å². The third-order valence-electron chi connectivity index (χ3n) is 3.52. The van der Waals surface area contributed by atoms with E-state index in [1.165, 1.54) is 5.56 Å². The standard InChI is InChI=1S/C19H23NO2/c1-3-15-5-7-16(8-6-15)13-19(21)20-14-17-9-11-18(12-10-17)22-4-2/h5-12H,3-4,13-14H2,1-2H3,(H,20,21). The predicted octanol–water partition coefficient (Wildman–Crippen LogP) is 3.51. The van der Waals surface area contributed by atoms with Crippen molar-refractivity contribution >= 4 is 5.91 Å². The van der Waals surface area contributed by atoms with Crippen LogP contribution in [0.15, 0.2) is 48.5 Å². The van der Waals surface area contributed by atoms with Crippen molar-refractivity contribution in [1.82, 2.24) is 5.32 Å². The van der Waals surface area contributed by atoms with Gasteiger partial charge in [0.05, 0.1) is 13.0 Å². The summed E-state index contributed by atoms with van der Waals surface area (Å²) >= 11 is 0. The molecule has 2 aromatic carbocycles. The van der Waals surface area contributed by atoms with Crippen LogP contribution in [0.5, 0.6) is 5.75 Å². The molecule has 0 atom stereocenters. The fraction of sp³-hybridized carbons (Fsp3) is 0.316. The molecule has 0 heterocycles. The van der Waals surface area contributed by atoms with Crippen molar-refractivity contribution in [3.8, 4) is 5.75 Å². The van der Waals surface area contributed by atoms with E-state index in [1.54, 1.807) is 0 Å². The van der Waals surface area contributed by atoms with Crippen LogP contribution < -0.4 is 10.1 Å². The molecule has 22 heavy (non-hydrogen) atoms. The second-order valence-corrected chi connectivity index (χ2v) is 5.20. The highest BCUT2D eigenvalue weighted by molar-refractivity contribution is 5.78. The Kier molecular flexibility index (Phi) is 6.01. The second kappa shape index (κ2) is 8.23. The lowest BCUT2D eigenvalue weighted by molar-refractivity contribution is -0.120. The molecule has 2 aromatic rings. The van der Waals surface area contributed by atoms with Gasteiger partial charge in [-0.05, 0) is 42.2 Å². The van der Waals surface area contributed by atoms with Crippen molar-refractivity contribution in [2.24, 2.45) is 0 Å². The fourth-order valence-electron chi connectivity index (χ4n) is 2.21. The number of carbonyl (C=O) groups excluding carboxylic acids is 1. The first-order chi connectivity index (χ1) is 10.7. The van der Waals surface area contributed by atoms with Crippen molar-refractivity contribution in [3.05, 3.63) is 65.2 Å². The molecule has 116 valence electrons. The third kappa shape index (κ3) is 4.92. The lowest BCUT2D eigenvalue weighted by Gasteiger charge is -2.07. The Morgan fingerprint density at radius 3 is 2.09 bits per heavy atom. The average Bonchev–Trinajstić information content (AvgIpc) is 2.55. The van der Waals surface area contributed by atoms with E-state index in [1.807, 2.05) is 43.3 Å². The molecule has 1 N–H and O–H groups in total. The van der Waals surface area contributed by atoms with Crippen LogP contribution >= 0.6 is 0 Å². The van der Waals surface area contributed by atoms with E-state index in [0.29, 0.717) is 19.6 Å². The summed E-state index contributed by atoms with van der Waals surface area (Å²) < 4.78 is 5.40. The Hall–Kier alpha value is -2.29. The number of amides is 1. The minimum absolute atomic E-state index is 0.0399. The minimum atomic E-state index is 0.0399. The molecule has 0 fully saturated rings. The molecular weight excluding hydrogens is 274 g/mol. The Balaban J connectivity index is 1.81. The smallest absolute Gasteiger partial charge is 0.224 e. The summed E-state index contributed by atoms with van der Waals surface area (Å²) in [4.78, 5) is 12.0. The zero-order valence-corrected chi connectivity index (χ0v) is 13.3. The van der Waals surface area contributed by atoms with Gasteiger partial charge in [0, 0.05) is 6.54 Å². The molecular formula is C19H23NO2. The zero-order valence-electron chi connectivity index (χ0n) is 13.3. The van der Waals surface area contributed by atoms with Gasteiger partial charge < -0.3 is 10.1 Å². The highest BCUT2D eigenvalue weighted by atomic mass is 16.5. The van der Waals surface area contributed by atoms with Crippen molar-refractivity contribution in [3.63, 3.8) is 0 Å². The van der Waals surface area contributed by atoms with Crippen LogP contribution in [-0.4, -0.2) is 12.5 Å². The Morgan fingerprint density at radius 1 is 0.909 bits per heavy atom. The van der Waals surface area contributed by atoms with Crippen LogP contribution in [0.2, 0.25) is 0 Å². The minimum Gasteiger partial charge on any atom is -0.494 e. The molecule has 0 saturated heterocycles. The summed E-state index contributed by atoms with van der Waals surface area (Å²) in [6.07, 6.45) is 1.44. The van der Waals surface area contributed by atoms with Gasteiger partial charge in [0.2, 0.25) is 5.91 Å². The van der Waals surface area contributed by atoms with Gasteiger partial charge in [-0.15, -0.1) is 0 Å². The molecule has 2 rings (SSSR count). The molecule has 0 aliphatic heterocycles. The first-order valence-electron chi connectivity index (χ1n) is 7.77. The lowest BCUT2D eigenvalue weighted by atomic mass is 10.1. The summed E-state index contributed by atoms with van der Waals surface area (Å²) in [7, 11) is 0. The van der Waals surface area contributed by atoms with Crippen molar-refractivity contribution in [2.45, 2.75) is 33.2 Å². The molecule has 0 unspecified atom stereocenters. The molecule has 0 saturated carbocycles. The normalized spacial score (nSPS) is 10.3. The van der Waals surface area contributed by atoms with Gasteiger partial charge in [0.1, 0.15) is 5.75 Å². The molecule has 3 nitrogen and oxygen atoms in total. The predicted molar refractivity (Wildman–Crippen MR) is 89.0 cm³/mol. The van der Waals surface area contributed by atoms with Crippen LogP contribution in [0.25, 0.3) is 0 Å². The Morgan fingerprint density at radius 2 is 1.50 bits per heavy atom. The molecule has 1 amide bonds. The molecule has 0 spiro atoms. The molecule has 0 radical (unpaired) electrons. The number of nitrogens with one attached hydrogen (secondary N) is 1. The average molecular weight is 297 g/mol. The molecule has 0 aliphatic carbocycles. The van der Waals surface area contributed by atoms with Gasteiger partial charge in [-0.25, -0.2) is 0 Å². The maximum absolute atomic E-state index is 12.0. The van der Waals surface area contributed by atoms with E-state index in [9.17, 15) is 4.79 Å². The molecule has 0 aliphatic rings. The number of ether oxygens (including phenoxy) is 1. The zero-order chi connectivity index (χ0) is 15.8. The Bertz CT molecular complexity index is 588. The summed E-state index contributed by atoms with van der Waals surface area (Å²) in [6.45, 7) is 5.28. The number of hydrogen-bond acceptors (Lipinski definition) is 2. The van der Waals surface area contributed by atoms with Crippen LogP contribution in [0, 0.1) is 0 Å². The van der Waals surface area contributed by atoms with Gasteiger partial charge in [-0.2, -0.15) is 0 Å². The van der Waals surface area contributed by atoms with Crippen molar-refractivity contribution in [1.29, 1.82) is 0 Å². The number of hydrogen-bond donors (Lipinski definition) is 1. The third-order valence-corrected chi connectivity index (χ3v) is 3.52. The molecule has 0 aromatic heterocycles. The largest absolute Gasteiger partial charge is 0.494 e. The number of carbonyl (C=O) groups is 1. The van der Waals surface area contributed by atoms with Crippen molar-refractivity contribution < 1.29 is 9.53 Å².